The largest absolute Gasteiger partial charge is 0.493 e. The summed E-state index contributed by atoms with van der Waals surface area (Å²) in [6.07, 6.45) is 5.37. The van der Waals surface area contributed by atoms with Crippen LogP contribution in [0.4, 0.5) is 4.79 Å². The van der Waals surface area contributed by atoms with Crippen molar-refractivity contribution in [3.63, 3.8) is 0 Å². The molecule has 2 saturated carbocycles. The van der Waals surface area contributed by atoms with Gasteiger partial charge in [0, 0.05) is 6.04 Å². The Bertz CT molecular complexity index is 1250. The summed E-state index contributed by atoms with van der Waals surface area (Å²) in [6, 6.07) is 10.9. The van der Waals surface area contributed by atoms with Gasteiger partial charge in [-0.25, -0.2) is 9.59 Å². The number of benzene rings is 2. The van der Waals surface area contributed by atoms with Crippen LogP contribution >= 0.6 is 0 Å². The molecule has 2 aromatic rings. The van der Waals surface area contributed by atoms with E-state index in [0.29, 0.717) is 23.0 Å². The first-order valence-electron chi connectivity index (χ1n) is 11.7. The molecule has 2 bridgehead atoms. The number of carbonyl (C=O) groups is 4. The molecule has 3 unspecified atom stereocenters. The van der Waals surface area contributed by atoms with Crippen molar-refractivity contribution >= 4 is 29.9 Å². The molecule has 3 aliphatic rings. The predicted molar refractivity (Wildman–Crippen MR) is 127 cm³/mol. The number of barbiturate groups is 1. The second kappa shape index (κ2) is 9.02. The van der Waals surface area contributed by atoms with E-state index in [1.807, 2.05) is 19.1 Å². The average molecular weight is 475 g/mol. The third-order valence-corrected chi connectivity index (χ3v) is 7.15. The summed E-state index contributed by atoms with van der Waals surface area (Å²) in [4.78, 5) is 52.0. The summed E-state index contributed by atoms with van der Waals surface area (Å²) in [6.45, 7) is 1.93. The van der Waals surface area contributed by atoms with E-state index in [1.54, 1.807) is 30.3 Å². The fourth-order valence-electron chi connectivity index (χ4n) is 5.37. The normalized spacial score (nSPS) is 24.6. The van der Waals surface area contributed by atoms with E-state index in [0.717, 1.165) is 31.2 Å². The van der Waals surface area contributed by atoms with Gasteiger partial charge in [-0.3, -0.25) is 19.8 Å². The number of nitrogens with one attached hydrogen (secondary N) is 1. The molecule has 1 N–H and O–H groups in total. The molecule has 2 aromatic carbocycles. The van der Waals surface area contributed by atoms with Gasteiger partial charge in [-0.15, -0.1) is 0 Å². The van der Waals surface area contributed by atoms with Crippen molar-refractivity contribution < 1.29 is 28.7 Å². The van der Waals surface area contributed by atoms with Gasteiger partial charge in [0.05, 0.1) is 12.7 Å². The van der Waals surface area contributed by atoms with E-state index in [9.17, 15) is 19.2 Å². The Balaban J connectivity index is 1.38. The fraction of sp³-hybridized carbons (Fsp3) is 0.333. The maximum Gasteiger partial charge on any atom is 0.343 e. The number of aryl methyl sites for hydroxylation is 1. The van der Waals surface area contributed by atoms with Crippen molar-refractivity contribution in [3.05, 3.63) is 64.7 Å². The molecule has 0 radical (unpaired) electrons. The van der Waals surface area contributed by atoms with E-state index in [2.05, 4.69) is 5.32 Å². The Morgan fingerprint density at radius 3 is 2.46 bits per heavy atom. The Morgan fingerprint density at radius 2 is 1.80 bits per heavy atom. The van der Waals surface area contributed by atoms with Gasteiger partial charge in [-0.05, 0) is 73.9 Å². The number of methoxy groups -OCH3 is 1. The lowest BCUT2D eigenvalue weighted by Gasteiger charge is -2.35. The van der Waals surface area contributed by atoms with Gasteiger partial charge in [0.25, 0.3) is 11.8 Å². The molecule has 8 nitrogen and oxygen atoms in total. The SMILES string of the molecule is COc1cc(C=C2C(=O)NC(=O)N(C3CC4CCC3C4)C2=O)ccc1OC(=O)c1ccc(C)cc1. The molecule has 35 heavy (non-hydrogen) atoms. The zero-order valence-electron chi connectivity index (χ0n) is 19.6. The van der Waals surface area contributed by atoms with Crippen LogP contribution in [0.15, 0.2) is 48.0 Å². The zero-order valence-corrected chi connectivity index (χ0v) is 19.6. The first-order valence-corrected chi connectivity index (χ1v) is 11.7. The molecule has 180 valence electrons. The number of carbonyl (C=O) groups excluding carboxylic acids is 4. The summed E-state index contributed by atoms with van der Waals surface area (Å²) in [5.74, 6) is -0.528. The van der Waals surface area contributed by atoms with Gasteiger partial charge in [0.2, 0.25) is 0 Å². The fourth-order valence-corrected chi connectivity index (χ4v) is 5.37. The van der Waals surface area contributed by atoms with E-state index in [4.69, 9.17) is 9.47 Å². The Labute approximate surface area is 202 Å². The number of fused-ring (bicyclic) bond motifs is 2. The predicted octanol–water partition coefficient (Wildman–Crippen LogP) is 3.87. The van der Waals surface area contributed by atoms with Crippen LogP contribution in [-0.2, 0) is 9.59 Å². The number of hydrogen-bond donors (Lipinski definition) is 1. The molecule has 8 heteroatoms. The van der Waals surface area contributed by atoms with Crippen LogP contribution in [0.1, 0.15) is 47.2 Å². The molecule has 5 rings (SSSR count). The number of nitrogens with zero attached hydrogens (tertiary/aromatic N) is 1. The van der Waals surface area contributed by atoms with Gasteiger partial charge in [-0.1, -0.05) is 30.2 Å². The molecule has 2 aliphatic carbocycles. The van der Waals surface area contributed by atoms with Crippen LogP contribution < -0.4 is 14.8 Å². The van der Waals surface area contributed by atoms with Crippen molar-refractivity contribution in [2.24, 2.45) is 11.8 Å². The average Bonchev–Trinajstić information content (AvgIpc) is 3.46. The highest BCUT2D eigenvalue weighted by Crippen LogP contribution is 2.47. The topological polar surface area (TPSA) is 102 Å². The Morgan fingerprint density at radius 1 is 1.03 bits per heavy atom. The minimum Gasteiger partial charge on any atom is -0.493 e. The molecule has 1 heterocycles. The molecule has 1 aliphatic heterocycles. The maximum atomic E-state index is 13.2. The van der Waals surface area contributed by atoms with Gasteiger partial charge < -0.3 is 9.47 Å². The molecular formula is C27H26N2O6. The van der Waals surface area contributed by atoms with Crippen LogP contribution in [0.2, 0.25) is 0 Å². The van der Waals surface area contributed by atoms with Crippen LogP contribution in [0.5, 0.6) is 11.5 Å². The Hall–Kier alpha value is -3.94. The summed E-state index contributed by atoms with van der Waals surface area (Å²) < 4.78 is 10.9. The van der Waals surface area contributed by atoms with Gasteiger partial charge >= 0.3 is 12.0 Å². The smallest absolute Gasteiger partial charge is 0.343 e. The second-order valence-electron chi connectivity index (χ2n) is 9.40. The highest BCUT2D eigenvalue weighted by Gasteiger charge is 2.49. The highest BCUT2D eigenvalue weighted by molar-refractivity contribution is 6.31. The minimum atomic E-state index is -0.728. The molecule has 1 saturated heterocycles. The van der Waals surface area contributed by atoms with E-state index in [1.165, 1.54) is 18.1 Å². The van der Waals surface area contributed by atoms with Gasteiger partial charge in [-0.2, -0.15) is 0 Å². The highest BCUT2D eigenvalue weighted by atomic mass is 16.6. The third kappa shape index (κ3) is 4.32. The van der Waals surface area contributed by atoms with Crippen LogP contribution in [-0.4, -0.2) is 41.9 Å². The molecule has 4 amide bonds. The standard InChI is InChI=1S/C27H26N2O6/c1-15-3-7-18(8-4-15)26(32)35-22-10-6-17(14-23(22)34-2)12-20-24(30)28-27(33)29(25(20)31)21-13-16-5-9-19(21)11-16/h3-4,6-8,10,12,14,16,19,21H,5,9,11,13H2,1-2H3,(H,28,30,33). The molecule has 0 spiro atoms. The quantitative estimate of drug-likeness (QED) is 0.306. The lowest BCUT2D eigenvalue weighted by molar-refractivity contribution is -0.132. The molecule has 0 aromatic heterocycles. The zero-order chi connectivity index (χ0) is 24.7. The summed E-state index contributed by atoms with van der Waals surface area (Å²) in [7, 11) is 1.43. The van der Waals surface area contributed by atoms with Gasteiger partial charge in [0.1, 0.15) is 5.57 Å². The molecule has 3 atom stereocenters. The lowest BCUT2D eigenvalue weighted by atomic mass is 9.93. The van der Waals surface area contributed by atoms with Crippen molar-refractivity contribution in [3.8, 4) is 11.5 Å². The summed E-state index contributed by atoms with van der Waals surface area (Å²) in [5, 5.41) is 2.31. The second-order valence-corrected chi connectivity index (χ2v) is 9.40. The number of esters is 1. The first kappa shape index (κ1) is 22.8. The van der Waals surface area contributed by atoms with E-state index >= 15 is 0 Å². The lowest BCUT2D eigenvalue weighted by Crippen LogP contribution is -2.58. The minimum absolute atomic E-state index is 0.112. The maximum absolute atomic E-state index is 13.2. The number of urea groups is 1. The number of imide groups is 2. The first-order chi connectivity index (χ1) is 16.8. The van der Waals surface area contributed by atoms with Crippen molar-refractivity contribution in [1.29, 1.82) is 0 Å². The summed E-state index contributed by atoms with van der Waals surface area (Å²) >= 11 is 0. The van der Waals surface area contributed by atoms with Crippen molar-refractivity contribution in [1.82, 2.24) is 10.2 Å². The van der Waals surface area contributed by atoms with Gasteiger partial charge in [0.15, 0.2) is 11.5 Å². The monoisotopic (exact) mass is 474 g/mol. The Kier molecular flexibility index (Phi) is 5.88. The van der Waals surface area contributed by atoms with Crippen LogP contribution in [0.25, 0.3) is 6.08 Å². The van der Waals surface area contributed by atoms with E-state index < -0.39 is 23.8 Å². The number of ether oxygens (including phenoxy) is 2. The third-order valence-electron chi connectivity index (χ3n) is 7.15. The van der Waals surface area contributed by atoms with Crippen LogP contribution in [0, 0.1) is 18.8 Å². The van der Waals surface area contributed by atoms with Crippen molar-refractivity contribution in [2.45, 2.75) is 38.6 Å². The molecular weight excluding hydrogens is 448 g/mol. The number of rotatable bonds is 5. The van der Waals surface area contributed by atoms with Crippen molar-refractivity contribution in [2.75, 3.05) is 7.11 Å². The van der Waals surface area contributed by atoms with E-state index in [-0.39, 0.29) is 23.1 Å². The summed E-state index contributed by atoms with van der Waals surface area (Å²) in [5.41, 5.74) is 1.81. The molecule has 3 fully saturated rings. The number of hydrogen-bond acceptors (Lipinski definition) is 6. The number of amides is 4. The van der Waals surface area contributed by atoms with Crippen LogP contribution in [0.3, 0.4) is 0 Å².